The molecule has 5 N–H and O–H groups in total. The van der Waals surface area contributed by atoms with Crippen molar-refractivity contribution in [3.05, 3.63) is 36.2 Å². The lowest BCUT2D eigenvalue weighted by molar-refractivity contribution is -0.297. The molecule has 330 valence electrons. The normalized spacial score (nSPS) is 39.9. The molecule has 59 heavy (non-hydrogen) atoms. The maximum absolute atomic E-state index is 16.8. The minimum absolute atomic E-state index is 0.00899. The number of aliphatic hydroxyl groups is 3. The summed E-state index contributed by atoms with van der Waals surface area (Å²) >= 11 is 0. The first-order valence-corrected chi connectivity index (χ1v) is 20.3. The smallest absolute Gasteiger partial charge is 0.351 e. The Bertz CT molecular complexity index is 1780. The van der Waals surface area contributed by atoms with Gasteiger partial charge < -0.3 is 54.5 Å². The molecule has 17 nitrogen and oxygen atoms in total. The Morgan fingerprint density at radius 1 is 1.08 bits per heavy atom. The number of oxime groups is 1. The highest BCUT2D eigenvalue weighted by atomic mass is 19.1. The van der Waals surface area contributed by atoms with Gasteiger partial charge in [0.2, 0.25) is 0 Å². The van der Waals surface area contributed by atoms with Crippen LogP contribution in [-0.2, 0) is 44.7 Å². The third-order valence-electron chi connectivity index (χ3n) is 12.1. The molecule has 0 radical (unpaired) electrons. The number of carbonyl (C=O) groups excluding carboxylic acids is 2. The number of hydrogen-bond acceptors (Lipinski definition) is 16. The average Bonchev–Trinajstić information content (AvgIpc) is 3.62. The Labute approximate surface area is 345 Å². The predicted molar refractivity (Wildman–Crippen MR) is 213 cm³/mol. The summed E-state index contributed by atoms with van der Waals surface area (Å²) in [5, 5.41) is 44.3. The van der Waals surface area contributed by atoms with Crippen LogP contribution in [0.3, 0.4) is 0 Å². The van der Waals surface area contributed by atoms with E-state index >= 15 is 4.39 Å². The van der Waals surface area contributed by atoms with Crippen LogP contribution in [-0.4, -0.2) is 146 Å². The predicted octanol–water partition coefficient (Wildman–Crippen LogP) is 2.75. The van der Waals surface area contributed by atoms with Gasteiger partial charge in [-0.2, -0.15) is 0 Å². The molecule has 14 atom stereocenters. The molecule has 0 amide bonds. The van der Waals surface area contributed by atoms with E-state index < -0.39 is 89.2 Å². The molecule has 2 aromatic rings. The maximum atomic E-state index is 16.8. The van der Waals surface area contributed by atoms with Crippen LogP contribution in [0, 0.1) is 17.8 Å². The Hall–Kier alpha value is -3.62. The summed E-state index contributed by atoms with van der Waals surface area (Å²) < 4.78 is 49.8. The first-order valence-electron chi connectivity index (χ1n) is 20.3. The summed E-state index contributed by atoms with van der Waals surface area (Å²) in [5.41, 5.74) is -0.127. The lowest BCUT2D eigenvalue weighted by Crippen LogP contribution is -2.62. The molecular weight excluding hydrogens is 771 g/mol. The summed E-state index contributed by atoms with van der Waals surface area (Å²) in [7, 11) is 3.64. The van der Waals surface area contributed by atoms with Gasteiger partial charge in [-0.05, 0) is 73.0 Å². The Balaban J connectivity index is 1.59. The first kappa shape index (κ1) is 46.4. The first-order chi connectivity index (χ1) is 27.6. The van der Waals surface area contributed by atoms with Gasteiger partial charge in [0.25, 0.3) is 5.67 Å². The summed E-state index contributed by atoms with van der Waals surface area (Å²) in [4.78, 5) is 40.1. The van der Waals surface area contributed by atoms with Gasteiger partial charge in [-0.1, -0.05) is 38.9 Å². The van der Waals surface area contributed by atoms with Crippen LogP contribution >= 0.6 is 0 Å². The average molecular weight is 835 g/mol. The van der Waals surface area contributed by atoms with Crippen LogP contribution in [0.2, 0.25) is 0 Å². The number of nitrogens with zero attached hydrogens (tertiary/aromatic N) is 5. The van der Waals surface area contributed by atoms with Gasteiger partial charge in [0.15, 0.2) is 17.9 Å². The number of hydrogen-bond donors (Lipinski definition) is 4. The molecule has 0 spiro atoms. The van der Waals surface area contributed by atoms with Crippen molar-refractivity contribution in [3.8, 4) is 5.82 Å². The Morgan fingerprint density at radius 2 is 1.80 bits per heavy atom. The number of likely N-dealkylation sites (N-methyl/N-ethyl adjacent to an activating group) is 1. The molecule has 3 saturated heterocycles. The molecule has 3 aliphatic rings. The van der Waals surface area contributed by atoms with Crippen molar-refractivity contribution in [2.75, 3.05) is 33.0 Å². The molecule has 5 rings (SSSR count). The summed E-state index contributed by atoms with van der Waals surface area (Å²) in [5.74, 6) is -4.62. The lowest BCUT2D eigenvalue weighted by atomic mass is 9.73. The quantitative estimate of drug-likeness (QED) is 0.171. The van der Waals surface area contributed by atoms with Gasteiger partial charge in [0, 0.05) is 41.9 Å². The number of cyclic esters (lactones) is 1. The molecule has 0 aliphatic carbocycles. The van der Waals surface area contributed by atoms with Gasteiger partial charge in [-0.3, -0.25) is 4.79 Å². The fourth-order valence-electron chi connectivity index (χ4n) is 8.69. The maximum Gasteiger partial charge on any atom is 0.351 e. The van der Waals surface area contributed by atoms with Crippen LogP contribution in [0.15, 0.2) is 35.7 Å². The van der Waals surface area contributed by atoms with Crippen LogP contribution in [0.1, 0.15) is 80.2 Å². The van der Waals surface area contributed by atoms with E-state index in [0.29, 0.717) is 23.6 Å². The zero-order valence-electron chi connectivity index (χ0n) is 35.8. The van der Waals surface area contributed by atoms with Crippen LogP contribution < -0.4 is 5.73 Å². The van der Waals surface area contributed by atoms with Crippen LogP contribution in [0.25, 0.3) is 5.82 Å². The number of esters is 1. The van der Waals surface area contributed by atoms with Crippen molar-refractivity contribution in [1.82, 2.24) is 19.7 Å². The van der Waals surface area contributed by atoms with E-state index in [1.807, 2.05) is 25.9 Å². The molecule has 18 heteroatoms. The summed E-state index contributed by atoms with van der Waals surface area (Å²) in [6, 6.07) is 4.79. The van der Waals surface area contributed by atoms with E-state index in [-0.39, 0.29) is 44.5 Å². The number of fused-ring (bicyclic) bond motifs is 5. The highest BCUT2D eigenvalue weighted by Gasteiger charge is 2.57. The molecule has 0 aromatic carbocycles. The zero-order valence-corrected chi connectivity index (χ0v) is 35.8. The third kappa shape index (κ3) is 10.1. The molecule has 5 heterocycles. The van der Waals surface area contributed by atoms with Crippen LogP contribution in [0.5, 0.6) is 0 Å². The SMILES string of the molecule is CC[C@H]1OC(=O)[C@@](C)(F)C(=O)[C@H](C)[C@@H](O[C@H]2O[C@H](C)C[C@H](N(C)C)[C@H]2O)[C@@]2(C)C[C@@H](C)[C@H](O)[C@H](C)C(OC/C(=N\OCc3ccc(-n4ccc(N)n4)nc3)CO2)[C@]1(C)O. The monoisotopic (exact) mass is 834 g/mol. The number of ketones is 1. The molecule has 0 saturated carbocycles. The summed E-state index contributed by atoms with van der Waals surface area (Å²) in [6.07, 6.45) is -4.18. The number of rotatable bonds is 8. The van der Waals surface area contributed by atoms with Gasteiger partial charge >= 0.3 is 5.97 Å². The lowest BCUT2D eigenvalue weighted by Gasteiger charge is -2.48. The van der Waals surface area contributed by atoms with E-state index in [0.717, 1.165) is 6.92 Å². The number of halogens is 1. The van der Waals surface area contributed by atoms with Crippen molar-refractivity contribution in [1.29, 1.82) is 0 Å². The van der Waals surface area contributed by atoms with Gasteiger partial charge in [-0.25, -0.2) is 18.9 Å². The number of Topliss-reactive ketones (excluding diaryl/α,β-unsaturated/α-hetero) is 1. The van der Waals surface area contributed by atoms with Crippen LogP contribution in [0.4, 0.5) is 10.2 Å². The number of carbonyl (C=O) groups is 2. The molecular formula is C41H63FN6O11. The van der Waals surface area contributed by atoms with E-state index in [9.17, 15) is 24.9 Å². The van der Waals surface area contributed by atoms with Gasteiger partial charge in [-0.15, -0.1) is 5.10 Å². The number of alkyl halides is 1. The fraction of sp³-hybridized carbons (Fsp3) is 0.732. The number of aliphatic hydroxyl groups excluding tert-OH is 2. The van der Waals surface area contributed by atoms with Gasteiger partial charge in [0.05, 0.1) is 43.2 Å². The molecule has 1 unspecified atom stereocenters. The van der Waals surface area contributed by atoms with E-state index in [1.165, 1.54) is 18.5 Å². The van der Waals surface area contributed by atoms with Crippen molar-refractivity contribution >= 4 is 23.3 Å². The summed E-state index contributed by atoms with van der Waals surface area (Å²) in [6.45, 7) is 11.7. The third-order valence-corrected chi connectivity index (χ3v) is 12.1. The Morgan fingerprint density at radius 3 is 2.41 bits per heavy atom. The highest BCUT2D eigenvalue weighted by Crippen LogP contribution is 2.41. The van der Waals surface area contributed by atoms with Crippen molar-refractivity contribution in [2.24, 2.45) is 22.9 Å². The van der Waals surface area contributed by atoms with Crippen molar-refractivity contribution < 1.29 is 57.8 Å². The minimum Gasteiger partial charge on any atom is -0.457 e. The second kappa shape index (κ2) is 18.6. The molecule has 3 aliphatic heterocycles. The molecule has 2 bridgehead atoms. The number of nitrogens with two attached hydrogens (primary N) is 1. The number of ether oxygens (including phenoxy) is 5. The number of nitrogen functional groups attached to an aromatic ring is 1. The van der Waals surface area contributed by atoms with E-state index in [4.69, 9.17) is 34.3 Å². The number of anilines is 1. The molecule has 3 fully saturated rings. The second-order valence-electron chi connectivity index (χ2n) is 17.3. The standard InChI is InChI=1S/C41H63FN6O11/c1-11-29-41(8,53)36-24(4)32(49)22(2)17-39(6,55-21-27(20-54-36)46-56-19-26-12-13-31(44-18-26)48-15-14-30(43)45-48)35(25(5)34(51)40(7,42)38(52)58-29)59-37-33(50)28(47(9)10)16-23(3)57-37/h12-15,18,22-25,28-29,32-33,35-37,49-50,53H,11,16-17,19-21H2,1-10H3,(H2,43,45)/b46-27+/t22-,23-,24+,25+,28+,29-,32+,33-,35-,36?,37-,39-,40+,41-/m1/s1. The van der Waals surface area contributed by atoms with E-state index in [1.54, 1.807) is 58.3 Å². The fourth-order valence-corrected chi connectivity index (χ4v) is 8.69. The topological polar surface area (TPSA) is 223 Å². The largest absolute Gasteiger partial charge is 0.457 e. The zero-order chi connectivity index (χ0) is 43.6. The van der Waals surface area contributed by atoms with Crippen molar-refractivity contribution in [2.45, 2.75) is 147 Å². The minimum atomic E-state index is -3.20. The van der Waals surface area contributed by atoms with E-state index in [2.05, 4.69) is 15.2 Å². The number of aromatic nitrogens is 3. The number of pyridine rings is 1. The second-order valence-corrected chi connectivity index (χ2v) is 17.3. The van der Waals surface area contributed by atoms with Crippen molar-refractivity contribution in [3.63, 3.8) is 0 Å². The molecule has 2 aromatic heterocycles. The Kier molecular flexibility index (Phi) is 14.6. The highest BCUT2D eigenvalue weighted by molar-refractivity contribution is 6.07. The van der Waals surface area contributed by atoms with Gasteiger partial charge in [0.1, 0.15) is 35.9 Å².